The number of fused-ring (bicyclic) bond motifs is 1. The third-order valence-corrected chi connectivity index (χ3v) is 4.78. The molecule has 3 heteroatoms. The first-order chi connectivity index (χ1) is 10.3. The van der Waals surface area contributed by atoms with Gasteiger partial charge in [0.25, 0.3) is 0 Å². The molecule has 21 heavy (non-hydrogen) atoms. The van der Waals surface area contributed by atoms with Crippen molar-refractivity contribution in [3.05, 3.63) is 36.1 Å². The average molecular weight is 286 g/mol. The van der Waals surface area contributed by atoms with E-state index in [0.717, 1.165) is 30.4 Å². The lowest BCUT2D eigenvalue weighted by Gasteiger charge is -2.36. The van der Waals surface area contributed by atoms with Gasteiger partial charge in [0.2, 0.25) is 0 Å². The van der Waals surface area contributed by atoms with Gasteiger partial charge >= 0.3 is 0 Å². The fourth-order valence-corrected chi connectivity index (χ4v) is 3.57. The highest BCUT2D eigenvalue weighted by Crippen LogP contribution is 2.31. The van der Waals surface area contributed by atoms with Gasteiger partial charge < -0.3 is 10.2 Å². The Hall–Kier alpha value is -1.32. The number of piperidine rings is 1. The fraction of sp³-hybridized carbons (Fsp3) is 0.556. The van der Waals surface area contributed by atoms with Crippen molar-refractivity contribution in [2.24, 2.45) is 11.7 Å². The van der Waals surface area contributed by atoms with Crippen LogP contribution in [0.15, 0.2) is 34.7 Å². The van der Waals surface area contributed by atoms with Crippen molar-refractivity contribution in [3.8, 4) is 0 Å². The maximum atomic E-state index is 6.05. The molecule has 1 fully saturated rings. The summed E-state index contributed by atoms with van der Waals surface area (Å²) in [6.45, 7) is 5.19. The van der Waals surface area contributed by atoms with Crippen molar-refractivity contribution in [2.45, 2.75) is 38.6 Å². The van der Waals surface area contributed by atoms with Crippen molar-refractivity contribution >= 4 is 11.0 Å². The average Bonchev–Trinajstić information content (AvgIpc) is 2.93. The van der Waals surface area contributed by atoms with Crippen LogP contribution in [-0.4, -0.2) is 24.5 Å². The zero-order valence-corrected chi connectivity index (χ0v) is 12.9. The summed E-state index contributed by atoms with van der Waals surface area (Å²) in [4.78, 5) is 2.50. The molecule has 1 aliphatic rings. The molecular formula is C18H26N2O. The molecule has 1 saturated heterocycles. The molecule has 3 nitrogen and oxygen atoms in total. The maximum absolute atomic E-state index is 6.05. The van der Waals surface area contributed by atoms with E-state index in [2.05, 4.69) is 30.0 Å². The number of hydrogen-bond donors (Lipinski definition) is 1. The van der Waals surface area contributed by atoms with Crippen LogP contribution in [0.5, 0.6) is 0 Å². The molecule has 0 spiro atoms. The zero-order valence-electron chi connectivity index (χ0n) is 12.9. The number of nitrogens with zero attached hydrogens (tertiary/aromatic N) is 1. The van der Waals surface area contributed by atoms with Gasteiger partial charge in [-0.1, -0.05) is 38.0 Å². The Morgan fingerprint density at radius 2 is 2.05 bits per heavy atom. The molecule has 0 saturated carbocycles. The van der Waals surface area contributed by atoms with Gasteiger partial charge in [-0.05, 0) is 44.0 Å². The van der Waals surface area contributed by atoms with Gasteiger partial charge in [-0.3, -0.25) is 4.90 Å². The van der Waals surface area contributed by atoms with Gasteiger partial charge in [-0.15, -0.1) is 0 Å². The number of furan rings is 1. The Morgan fingerprint density at radius 3 is 2.71 bits per heavy atom. The Labute approximate surface area is 127 Å². The highest BCUT2D eigenvalue weighted by molar-refractivity contribution is 5.77. The predicted octanol–water partition coefficient (Wildman–Crippen LogP) is 3.94. The SMILES string of the molecule is CCCC1CCN(C(CN)c2cc3ccccc3o2)CC1. The summed E-state index contributed by atoms with van der Waals surface area (Å²) in [6.07, 6.45) is 5.26. The van der Waals surface area contributed by atoms with Crippen molar-refractivity contribution < 1.29 is 4.42 Å². The van der Waals surface area contributed by atoms with Crippen LogP contribution in [0.25, 0.3) is 11.0 Å². The molecule has 1 unspecified atom stereocenters. The first kappa shape index (κ1) is 14.6. The van der Waals surface area contributed by atoms with Crippen molar-refractivity contribution in [1.29, 1.82) is 0 Å². The summed E-state index contributed by atoms with van der Waals surface area (Å²) in [5.74, 6) is 1.92. The van der Waals surface area contributed by atoms with Gasteiger partial charge in [0, 0.05) is 11.9 Å². The molecule has 0 radical (unpaired) electrons. The summed E-state index contributed by atoms with van der Waals surface area (Å²) >= 11 is 0. The third kappa shape index (κ3) is 3.14. The van der Waals surface area contributed by atoms with Crippen molar-refractivity contribution in [3.63, 3.8) is 0 Å². The van der Waals surface area contributed by atoms with E-state index in [-0.39, 0.29) is 6.04 Å². The molecule has 0 aliphatic carbocycles. The van der Waals surface area contributed by atoms with Crippen LogP contribution in [0.2, 0.25) is 0 Å². The third-order valence-electron chi connectivity index (χ3n) is 4.78. The van der Waals surface area contributed by atoms with E-state index < -0.39 is 0 Å². The smallest absolute Gasteiger partial charge is 0.134 e. The lowest BCUT2D eigenvalue weighted by molar-refractivity contribution is 0.120. The Balaban J connectivity index is 1.73. The van der Waals surface area contributed by atoms with Crippen LogP contribution < -0.4 is 5.73 Å². The quantitative estimate of drug-likeness (QED) is 0.905. The minimum Gasteiger partial charge on any atom is -0.459 e. The molecular weight excluding hydrogens is 260 g/mol. The van der Waals surface area contributed by atoms with Gasteiger partial charge in [-0.25, -0.2) is 0 Å². The van der Waals surface area contributed by atoms with Crippen LogP contribution in [0.3, 0.4) is 0 Å². The van der Waals surface area contributed by atoms with E-state index in [9.17, 15) is 0 Å². The number of para-hydroxylation sites is 1. The number of likely N-dealkylation sites (tertiary alicyclic amines) is 1. The van der Waals surface area contributed by atoms with Crippen LogP contribution in [0.4, 0.5) is 0 Å². The maximum Gasteiger partial charge on any atom is 0.134 e. The van der Waals surface area contributed by atoms with E-state index in [4.69, 9.17) is 10.2 Å². The lowest BCUT2D eigenvalue weighted by atomic mass is 9.91. The Bertz CT molecular complexity index is 536. The fourth-order valence-electron chi connectivity index (χ4n) is 3.57. The van der Waals surface area contributed by atoms with E-state index in [0.29, 0.717) is 6.54 Å². The Morgan fingerprint density at radius 1 is 1.29 bits per heavy atom. The second-order valence-electron chi connectivity index (χ2n) is 6.21. The summed E-state index contributed by atoms with van der Waals surface area (Å²) in [5, 5.41) is 1.17. The summed E-state index contributed by atoms with van der Waals surface area (Å²) in [6, 6.07) is 10.6. The molecule has 0 amide bonds. The van der Waals surface area contributed by atoms with Crippen LogP contribution in [-0.2, 0) is 0 Å². The van der Waals surface area contributed by atoms with Gasteiger partial charge in [0.05, 0.1) is 6.04 Å². The molecule has 0 bridgehead atoms. The molecule has 1 aromatic carbocycles. The molecule has 2 aromatic rings. The minimum atomic E-state index is 0.222. The first-order valence-electron chi connectivity index (χ1n) is 8.24. The second kappa shape index (κ2) is 6.63. The van der Waals surface area contributed by atoms with Crippen LogP contribution in [0, 0.1) is 5.92 Å². The summed E-state index contributed by atoms with van der Waals surface area (Å²) in [7, 11) is 0. The zero-order chi connectivity index (χ0) is 14.7. The number of rotatable bonds is 5. The summed E-state index contributed by atoms with van der Waals surface area (Å²) in [5.41, 5.74) is 7.01. The minimum absolute atomic E-state index is 0.222. The standard InChI is InChI=1S/C18H26N2O/c1-2-5-14-8-10-20(11-9-14)16(13-19)18-12-15-6-3-4-7-17(15)21-18/h3-4,6-7,12,14,16H,2,5,8-11,13,19H2,1H3. The summed E-state index contributed by atoms with van der Waals surface area (Å²) < 4.78 is 6.03. The highest BCUT2D eigenvalue weighted by atomic mass is 16.3. The van der Waals surface area contributed by atoms with Gasteiger partial charge in [0.1, 0.15) is 11.3 Å². The predicted molar refractivity (Wildman–Crippen MR) is 87.2 cm³/mol. The van der Waals surface area contributed by atoms with E-state index in [1.807, 2.05) is 12.1 Å². The first-order valence-corrected chi connectivity index (χ1v) is 8.24. The molecule has 1 aliphatic heterocycles. The van der Waals surface area contributed by atoms with E-state index >= 15 is 0 Å². The second-order valence-corrected chi connectivity index (χ2v) is 6.21. The van der Waals surface area contributed by atoms with Crippen LogP contribution >= 0.6 is 0 Å². The normalized spacial score (nSPS) is 19.1. The monoisotopic (exact) mass is 286 g/mol. The highest BCUT2D eigenvalue weighted by Gasteiger charge is 2.27. The number of benzene rings is 1. The number of nitrogens with two attached hydrogens (primary N) is 1. The Kier molecular flexibility index (Phi) is 4.61. The lowest BCUT2D eigenvalue weighted by Crippen LogP contribution is -2.39. The largest absolute Gasteiger partial charge is 0.459 e. The molecule has 1 aromatic heterocycles. The number of hydrogen-bond acceptors (Lipinski definition) is 3. The molecule has 1 atom stereocenters. The molecule has 2 N–H and O–H groups in total. The molecule has 2 heterocycles. The van der Waals surface area contributed by atoms with E-state index in [1.165, 1.54) is 31.1 Å². The van der Waals surface area contributed by atoms with Gasteiger partial charge in [0.15, 0.2) is 0 Å². The van der Waals surface area contributed by atoms with Crippen molar-refractivity contribution in [2.75, 3.05) is 19.6 Å². The van der Waals surface area contributed by atoms with Crippen LogP contribution in [0.1, 0.15) is 44.4 Å². The molecule has 114 valence electrons. The molecule has 3 rings (SSSR count). The topological polar surface area (TPSA) is 42.4 Å². The van der Waals surface area contributed by atoms with Crippen molar-refractivity contribution in [1.82, 2.24) is 4.90 Å². The van der Waals surface area contributed by atoms with Gasteiger partial charge in [-0.2, -0.15) is 0 Å². The van der Waals surface area contributed by atoms with E-state index in [1.54, 1.807) is 0 Å².